The molecule has 2 aromatic carbocycles. The molecule has 7 heteroatoms. The highest BCUT2D eigenvalue weighted by Gasteiger charge is 2.17. The van der Waals surface area contributed by atoms with Gasteiger partial charge in [0.15, 0.2) is 9.84 Å². The normalized spacial score (nSPS) is 13.7. The number of aromatic nitrogens is 2. The molecule has 4 rings (SSSR count). The quantitative estimate of drug-likeness (QED) is 0.661. The van der Waals surface area contributed by atoms with E-state index in [1.807, 2.05) is 0 Å². The smallest absolute Gasteiger partial charge is 0.175 e. The minimum Gasteiger partial charge on any atom is -0.371 e. The summed E-state index contributed by atoms with van der Waals surface area (Å²) in [5.41, 5.74) is 3.48. The molecule has 0 unspecified atom stereocenters. The van der Waals surface area contributed by atoms with Crippen molar-refractivity contribution >= 4 is 32.2 Å². The van der Waals surface area contributed by atoms with E-state index in [1.165, 1.54) is 23.8 Å². The van der Waals surface area contributed by atoms with Gasteiger partial charge in [0.1, 0.15) is 12.1 Å². The third-order valence-corrected chi connectivity index (χ3v) is 6.03. The Labute approximate surface area is 159 Å². The highest BCUT2D eigenvalue weighted by atomic mass is 32.2. The van der Waals surface area contributed by atoms with Crippen LogP contribution in [-0.4, -0.2) is 44.3 Å². The molecule has 0 atom stereocenters. The molecule has 0 saturated heterocycles. The van der Waals surface area contributed by atoms with Crippen molar-refractivity contribution in [2.75, 3.05) is 36.1 Å². The van der Waals surface area contributed by atoms with Crippen molar-refractivity contribution in [1.29, 1.82) is 0 Å². The Morgan fingerprint density at radius 1 is 1.15 bits per heavy atom. The average molecular weight is 382 g/mol. The summed E-state index contributed by atoms with van der Waals surface area (Å²) in [6, 6.07) is 13.5. The first-order valence-electron chi connectivity index (χ1n) is 9.04. The SMILES string of the molecule is CS(=O)(=O)c1ccc2ncnc(NCCCN3CCc4ccccc43)c2c1. The van der Waals surface area contributed by atoms with Crippen LogP contribution in [0.2, 0.25) is 0 Å². The van der Waals surface area contributed by atoms with Crippen LogP contribution < -0.4 is 10.2 Å². The Morgan fingerprint density at radius 2 is 2.00 bits per heavy atom. The molecular formula is C20H22N4O2S. The van der Waals surface area contributed by atoms with Gasteiger partial charge in [-0.3, -0.25) is 0 Å². The van der Waals surface area contributed by atoms with Crippen molar-refractivity contribution in [2.45, 2.75) is 17.7 Å². The van der Waals surface area contributed by atoms with Gasteiger partial charge in [0.2, 0.25) is 0 Å². The molecule has 0 fully saturated rings. The molecule has 1 aliphatic rings. The van der Waals surface area contributed by atoms with Gasteiger partial charge in [-0.15, -0.1) is 0 Å². The van der Waals surface area contributed by atoms with Gasteiger partial charge < -0.3 is 10.2 Å². The first-order chi connectivity index (χ1) is 13.0. The zero-order valence-electron chi connectivity index (χ0n) is 15.2. The second-order valence-corrected chi connectivity index (χ2v) is 8.84. The molecule has 1 aromatic heterocycles. The maximum atomic E-state index is 11.8. The molecule has 1 N–H and O–H groups in total. The fraction of sp³-hybridized carbons (Fsp3) is 0.300. The Kier molecular flexibility index (Phi) is 4.70. The Balaban J connectivity index is 1.43. The number of sulfone groups is 1. The van der Waals surface area contributed by atoms with Crippen LogP contribution in [0.3, 0.4) is 0 Å². The van der Waals surface area contributed by atoms with Crippen LogP contribution in [-0.2, 0) is 16.3 Å². The molecule has 140 valence electrons. The van der Waals surface area contributed by atoms with Crippen molar-refractivity contribution in [3.63, 3.8) is 0 Å². The fourth-order valence-electron chi connectivity index (χ4n) is 3.52. The Hall–Kier alpha value is -2.67. The molecule has 1 aliphatic heterocycles. The molecule has 2 heterocycles. The number of hydrogen-bond donors (Lipinski definition) is 1. The molecule has 0 bridgehead atoms. The van der Waals surface area contributed by atoms with Crippen LogP contribution in [0, 0.1) is 0 Å². The lowest BCUT2D eigenvalue weighted by molar-refractivity contribution is 0.602. The van der Waals surface area contributed by atoms with E-state index in [2.05, 4.69) is 44.5 Å². The maximum Gasteiger partial charge on any atom is 0.175 e. The topological polar surface area (TPSA) is 75.2 Å². The summed E-state index contributed by atoms with van der Waals surface area (Å²) < 4.78 is 23.7. The standard InChI is InChI=1S/C20H22N4O2S/c1-27(25,26)16-7-8-18-17(13-16)20(23-14-22-18)21-10-4-11-24-12-9-15-5-2-3-6-19(15)24/h2-3,5-8,13-14H,4,9-12H2,1H3,(H,21,22,23). The van der Waals surface area contributed by atoms with Crippen molar-refractivity contribution < 1.29 is 8.42 Å². The van der Waals surface area contributed by atoms with Gasteiger partial charge >= 0.3 is 0 Å². The summed E-state index contributed by atoms with van der Waals surface area (Å²) in [7, 11) is -3.27. The van der Waals surface area contributed by atoms with Gasteiger partial charge in [0.25, 0.3) is 0 Å². The van der Waals surface area contributed by atoms with Crippen molar-refractivity contribution in [3.8, 4) is 0 Å². The second kappa shape index (κ2) is 7.15. The van der Waals surface area contributed by atoms with E-state index in [9.17, 15) is 8.42 Å². The van der Waals surface area contributed by atoms with E-state index < -0.39 is 9.84 Å². The number of nitrogens with zero attached hydrogens (tertiary/aromatic N) is 3. The lowest BCUT2D eigenvalue weighted by Gasteiger charge is -2.19. The number of benzene rings is 2. The fourth-order valence-corrected chi connectivity index (χ4v) is 4.17. The molecule has 0 spiro atoms. The molecule has 27 heavy (non-hydrogen) atoms. The van der Waals surface area contributed by atoms with Crippen LogP contribution in [0.5, 0.6) is 0 Å². The largest absolute Gasteiger partial charge is 0.371 e. The van der Waals surface area contributed by atoms with E-state index in [4.69, 9.17) is 0 Å². The van der Waals surface area contributed by atoms with Crippen LogP contribution in [0.25, 0.3) is 10.9 Å². The number of rotatable bonds is 6. The number of hydrogen-bond acceptors (Lipinski definition) is 6. The second-order valence-electron chi connectivity index (χ2n) is 6.82. The molecule has 0 aliphatic carbocycles. The molecule has 0 amide bonds. The zero-order valence-corrected chi connectivity index (χ0v) is 16.0. The predicted octanol–water partition coefficient (Wildman–Crippen LogP) is 2.90. The summed E-state index contributed by atoms with van der Waals surface area (Å²) in [6.07, 6.45) is 4.78. The summed E-state index contributed by atoms with van der Waals surface area (Å²) in [4.78, 5) is 11.2. The number of anilines is 2. The van der Waals surface area contributed by atoms with E-state index >= 15 is 0 Å². The average Bonchev–Trinajstić information content (AvgIpc) is 3.07. The molecule has 0 saturated carbocycles. The monoisotopic (exact) mass is 382 g/mol. The van der Waals surface area contributed by atoms with E-state index in [0.29, 0.717) is 5.82 Å². The lowest BCUT2D eigenvalue weighted by Crippen LogP contribution is -2.23. The third-order valence-electron chi connectivity index (χ3n) is 4.92. The minimum atomic E-state index is -3.27. The first kappa shape index (κ1) is 17.7. The molecule has 0 radical (unpaired) electrons. The number of para-hydroxylation sites is 1. The van der Waals surface area contributed by atoms with Crippen molar-refractivity contribution in [1.82, 2.24) is 9.97 Å². The zero-order chi connectivity index (χ0) is 18.9. The van der Waals surface area contributed by atoms with Gasteiger partial charge in [0, 0.05) is 37.0 Å². The van der Waals surface area contributed by atoms with Crippen molar-refractivity contribution in [3.05, 3.63) is 54.4 Å². The predicted molar refractivity (Wildman–Crippen MR) is 108 cm³/mol. The third kappa shape index (κ3) is 3.73. The Morgan fingerprint density at radius 3 is 2.85 bits per heavy atom. The molecule has 3 aromatic rings. The lowest BCUT2D eigenvalue weighted by atomic mass is 10.2. The van der Waals surface area contributed by atoms with E-state index in [1.54, 1.807) is 18.2 Å². The summed E-state index contributed by atoms with van der Waals surface area (Å²) in [6.45, 7) is 2.79. The van der Waals surface area contributed by atoms with Gasteiger partial charge in [-0.25, -0.2) is 18.4 Å². The Bertz CT molecular complexity index is 1080. The first-order valence-corrected chi connectivity index (χ1v) is 10.9. The van der Waals surface area contributed by atoms with Gasteiger partial charge in [-0.2, -0.15) is 0 Å². The van der Waals surface area contributed by atoms with Crippen LogP contribution in [0.4, 0.5) is 11.5 Å². The van der Waals surface area contributed by atoms with Gasteiger partial charge in [-0.1, -0.05) is 18.2 Å². The van der Waals surface area contributed by atoms with Crippen LogP contribution in [0.1, 0.15) is 12.0 Å². The van der Waals surface area contributed by atoms with E-state index in [0.717, 1.165) is 43.4 Å². The molecule has 6 nitrogen and oxygen atoms in total. The summed E-state index contributed by atoms with van der Waals surface area (Å²) in [5.74, 6) is 0.673. The number of nitrogens with one attached hydrogen (secondary N) is 1. The van der Waals surface area contributed by atoms with Gasteiger partial charge in [-0.05, 0) is 42.7 Å². The van der Waals surface area contributed by atoms with Crippen LogP contribution >= 0.6 is 0 Å². The summed E-state index contributed by atoms with van der Waals surface area (Å²) in [5, 5.41) is 4.07. The van der Waals surface area contributed by atoms with Gasteiger partial charge in [0.05, 0.1) is 10.4 Å². The van der Waals surface area contributed by atoms with E-state index in [-0.39, 0.29) is 4.90 Å². The van der Waals surface area contributed by atoms with Crippen LogP contribution in [0.15, 0.2) is 53.7 Å². The highest BCUT2D eigenvalue weighted by molar-refractivity contribution is 7.90. The summed E-state index contributed by atoms with van der Waals surface area (Å²) >= 11 is 0. The number of fused-ring (bicyclic) bond motifs is 2. The highest BCUT2D eigenvalue weighted by Crippen LogP contribution is 2.27. The minimum absolute atomic E-state index is 0.279. The molecular weight excluding hydrogens is 360 g/mol. The maximum absolute atomic E-state index is 11.8. The van der Waals surface area contributed by atoms with Crippen molar-refractivity contribution in [2.24, 2.45) is 0 Å².